The van der Waals surface area contributed by atoms with E-state index in [-0.39, 0.29) is 11.5 Å². The van der Waals surface area contributed by atoms with Gasteiger partial charge in [-0.3, -0.25) is 0 Å². The number of nitrogens with zero attached hydrogens (tertiary/aromatic N) is 4. The van der Waals surface area contributed by atoms with Gasteiger partial charge in [0.25, 0.3) is 0 Å². The zero-order chi connectivity index (χ0) is 19.7. The van der Waals surface area contributed by atoms with Gasteiger partial charge in [-0.1, -0.05) is 38.1 Å². The zero-order valence-corrected chi connectivity index (χ0v) is 16.3. The molecule has 2 aromatic carbocycles. The first-order valence-corrected chi connectivity index (χ1v) is 9.75. The lowest BCUT2D eigenvalue weighted by Gasteiger charge is -2.11. The molecule has 0 amide bonds. The maximum atomic E-state index is 11.1. The number of hydrogen-bond donors (Lipinski definition) is 2. The van der Waals surface area contributed by atoms with Crippen molar-refractivity contribution in [3.63, 3.8) is 0 Å². The Morgan fingerprint density at radius 1 is 0.821 bits per heavy atom. The Bertz CT molecular complexity index is 1080. The van der Waals surface area contributed by atoms with Gasteiger partial charge in [-0.15, -0.1) is 0 Å². The summed E-state index contributed by atoms with van der Waals surface area (Å²) in [5, 5.41) is 11.1. The molecule has 0 aliphatic rings. The van der Waals surface area contributed by atoms with Crippen molar-refractivity contribution < 1.29 is 5.11 Å². The van der Waals surface area contributed by atoms with Crippen molar-refractivity contribution in [3.8, 4) is 0 Å². The van der Waals surface area contributed by atoms with E-state index in [1.54, 1.807) is 0 Å². The summed E-state index contributed by atoms with van der Waals surface area (Å²) in [6.07, 6.45) is 1.87. The topological polar surface area (TPSA) is 81.9 Å². The van der Waals surface area contributed by atoms with Crippen LogP contribution in [0.3, 0.4) is 0 Å². The van der Waals surface area contributed by atoms with Gasteiger partial charge in [0.2, 0.25) is 0 Å². The van der Waals surface area contributed by atoms with Crippen LogP contribution < -0.4 is 5.73 Å². The molecule has 3 N–H and O–H groups in total. The second-order valence-corrected chi connectivity index (χ2v) is 6.91. The van der Waals surface area contributed by atoms with Gasteiger partial charge in [0, 0.05) is 13.1 Å². The molecule has 0 unspecified atom stereocenters. The highest BCUT2D eigenvalue weighted by atomic mass is 16.3. The number of aliphatic hydroxyl groups excluding tert-OH is 1. The number of fused-ring (bicyclic) bond motifs is 2. The Morgan fingerprint density at radius 2 is 1.29 bits per heavy atom. The van der Waals surface area contributed by atoms with Crippen LogP contribution in [0.4, 0.5) is 0 Å². The fourth-order valence-corrected chi connectivity index (χ4v) is 3.66. The number of hydrogen-bond acceptors (Lipinski definition) is 4. The molecule has 28 heavy (non-hydrogen) atoms. The average molecular weight is 375 g/mol. The number of nitrogens with two attached hydrogens (primary N) is 1. The van der Waals surface area contributed by atoms with Crippen LogP contribution in [0.1, 0.15) is 38.3 Å². The molecular formula is C22H25N5O. The van der Waals surface area contributed by atoms with E-state index in [9.17, 15) is 5.11 Å². The van der Waals surface area contributed by atoms with Crippen LogP contribution in [-0.4, -0.2) is 24.2 Å². The molecule has 6 nitrogen and oxygen atoms in total. The number of para-hydroxylation sites is 4. The van der Waals surface area contributed by atoms with Gasteiger partial charge in [-0.2, -0.15) is 0 Å². The summed E-state index contributed by atoms with van der Waals surface area (Å²) in [6, 6.07) is 15.8. The SMILES string of the molecule is CCCn1c(C(N)=C(O)c2nc3ccccc3n2CCC)nc2ccccc21. The summed E-state index contributed by atoms with van der Waals surface area (Å²) in [5.41, 5.74) is 10.4. The Labute approximate surface area is 163 Å². The first-order valence-electron chi connectivity index (χ1n) is 9.75. The van der Waals surface area contributed by atoms with E-state index in [2.05, 4.69) is 23.4 Å². The molecule has 144 valence electrons. The summed E-state index contributed by atoms with van der Waals surface area (Å²) in [6.45, 7) is 5.73. The van der Waals surface area contributed by atoms with Gasteiger partial charge in [-0.05, 0) is 37.1 Å². The molecule has 0 aliphatic carbocycles. The largest absolute Gasteiger partial charge is 0.503 e. The van der Waals surface area contributed by atoms with E-state index in [1.807, 2.05) is 53.1 Å². The molecule has 4 aromatic rings. The van der Waals surface area contributed by atoms with Crippen LogP contribution in [-0.2, 0) is 13.1 Å². The molecule has 0 fully saturated rings. The molecule has 6 heteroatoms. The molecule has 0 saturated carbocycles. The van der Waals surface area contributed by atoms with Crippen molar-refractivity contribution in [2.75, 3.05) is 0 Å². The van der Waals surface area contributed by atoms with Crippen LogP contribution in [0.25, 0.3) is 33.5 Å². The summed E-state index contributed by atoms with van der Waals surface area (Å²) >= 11 is 0. The van der Waals surface area contributed by atoms with Crippen molar-refractivity contribution >= 4 is 33.5 Å². The monoisotopic (exact) mass is 375 g/mol. The van der Waals surface area contributed by atoms with Gasteiger partial charge in [-0.25, -0.2) is 9.97 Å². The quantitative estimate of drug-likeness (QED) is 0.485. The predicted octanol–water partition coefficient (Wildman–Crippen LogP) is 4.55. The summed E-state index contributed by atoms with van der Waals surface area (Å²) < 4.78 is 4.08. The van der Waals surface area contributed by atoms with Crippen LogP contribution in [0.5, 0.6) is 0 Å². The van der Waals surface area contributed by atoms with Gasteiger partial charge in [0.15, 0.2) is 17.4 Å². The minimum atomic E-state index is -0.0303. The van der Waals surface area contributed by atoms with Gasteiger partial charge < -0.3 is 20.0 Å². The van der Waals surface area contributed by atoms with E-state index in [0.29, 0.717) is 11.6 Å². The minimum Gasteiger partial charge on any atom is -0.503 e. The maximum Gasteiger partial charge on any atom is 0.186 e. The lowest BCUT2D eigenvalue weighted by molar-refractivity contribution is 0.496. The smallest absolute Gasteiger partial charge is 0.186 e. The standard InChI is InChI=1S/C22H25N5O/c1-3-13-26-17-11-7-5-9-15(17)24-21(26)19(23)20(28)22-25-16-10-6-8-12-18(16)27(22)14-4-2/h5-12,28H,3-4,13-14,23H2,1-2H3. The molecule has 0 radical (unpaired) electrons. The molecule has 0 spiro atoms. The molecule has 2 heterocycles. The zero-order valence-electron chi connectivity index (χ0n) is 16.3. The third kappa shape index (κ3) is 2.91. The number of imidazole rings is 2. The molecule has 0 bridgehead atoms. The highest BCUT2D eigenvalue weighted by molar-refractivity contribution is 5.88. The van der Waals surface area contributed by atoms with Crippen molar-refractivity contribution in [3.05, 3.63) is 60.2 Å². The van der Waals surface area contributed by atoms with E-state index >= 15 is 0 Å². The normalized spacial score (nSPS) is 12.6. The second-order valence-electron chi connectivity index (χ2n) is 6.91. The Hall–Kier alpha value is -3.28. The van der Waals surface area contributed by atoms with E-state index in [4.69, 9.17) is 10.7 Å². The average Bonchev–Trinajstić information content (AvgIpc) is 3.27. The molecule has 0 atom stereocenters. The number of aliphatic hydroxyl groups is 1. The first kappa shape index (κ1) is 18.1. The van der Waals surface area contributed by atoms with Crippen molar-refractivity contribution in [2.45, 2.75) is 39.8 Å². The maximum absolute atomic E-state index is 11.1. The van der Waals surface area contributed by atoms with Crippen LogP contribution in [0, 0.1) is 0 Å². The predicted molar refractivity (Wildman–Crippen MR) is 114 cm³/mol. The first-order chi connectivity index (χ1) is 13.7. The van der Waals surface area contributed by atoms with Crippen LogP contribution >= 0.6 is 0 Å². The number of benzene rings is 2. The minimum absolute atomic E-state index is 0.0303. The number of rotatable bonds is 6. The van der Waals surface area contributed by atoms with Gasteiger partial charge in [0.1, 0.15) is 5.70 Å². The summed E-state index contributed by atoms with van der Waals surface area (Å²) in [5.74, 6) is 1.03. The van der Waals surface area contributed by atoms with Crippen molar-refractivity contribution in [1.29, 1.82) is 0 Å². The third-order valence-corrected chi connectivity index (χ3v) is 4.91. The van der Waals surface area contributed by atoms with Gasteiger partial charge in [0.05, 0.1) is 22.1 Å². The van der Waals surface area contributed by atoms with Crippen molar-refractivity contribution in [2.24, 2.45) is 5.73 Å². The molecular weight excluding hydrogens is 350 g/mol. The third-order valence-electron chi connectivity index (χ3n) is 4.91. The fraction of sp³-hybridized carbons (Fsp3) is 0.273. The summed E-state index contributed by atoms with van der Waals surface area (Å²) in [4.78, 5) is 9.34. The highest BCUT2D eigenvalue weighted by Gasteiger charge is 2.20. The fourth-order valence-electron chi connectivity index (χ4n) is 3.66. The van der Waals surface area contributed by atoms with E-state index in [1.165, 1.54) is 0 Å². The molecule has 2 aromatic heterocycles. The highest BCUT2D eigenvalue weighted by Crippen LogP contribution is 2.27. The Morgan fingerprint density at radius 3 is 1.82 bits per heavy atom. The lowest BCUT2D eigenvalue weighted by Crippen LogP contribution is -2.12. The van der Waals surface area contributed by atoms with Crippen molar-refractivity contribution in [1.82, 2.24) is 19.1 Å². The van der Waals surface area contributed by atoms with E-state index < -0.39 is 0 Å². The number of aromatic nitrogens is 4. The lowest BCUT2D eigenvalue weighted by atomic mass is 10.3. The van der Waals surface area contributed by atoms with Crippen LogP contribution in [0.2, 0.25) is 0 Å². The Kier molecular flexibility index (Phi) is 4.77. The molecule has 0 aliphatic heterocycles. The molecule has 0 saturated heterocycles. The second kappa shape index (κ2) is 7.38. The Balaban J connectivity index is 1.93. The van der Waals surface area contributed by atoms with Gasteiger partial charge >= 0.3 is 0 Å². The van der Waals surface area contributed by atoms with Crippen LogP contribution in [0.15, 0.2) is 48.5 Å². The van der Waals surface area contributed by atoms with E-state index in [0.717, 1.165) is 48.0 Å². The molecule has 4 rings (SSSR count). The number of aryl methyl sites for hydroxylation is 2. The summed E-state index contributed by atoms with van der Waals surface area (Å²) in [7, 11) is 0.